The second kappa shape index (κ2) is 3.91. The average molecular weight is 196 g/mol. The molecule has 0 amide bonds. The summed E-state index contributed by atoms with van der Waals surface area (Å²) >= 11 is 0.852. The molecule has 0 aromatic rings. The van der Waals surface area contributed by atoms with Gasteiger partial charge < -0.3 is 25.5 Å². The fourth-order valence-electron chi connectivity index (χ4n) is 1.08. The van der Waals surface area contributed by atoms with Crippen molar-refractivity contribution in [1.82, 2.24) is 0 Å². The first-order chi connectivity index (χ1) is 5.57. The van der Waals surface area contributed by atoms with Gasteiger partial charge in [0.05, 0.1) is 18.0 Å². The van der Waals surface area contributed by atoms with E-state index < -0.39 is 29.0 Å². The van der Waals surface area contributed by atoms with E-state index in [0.29, 0.717) is 0 Å². The Bertz CT molecular complexity index is 150. The lowest BCUT2D eigenvalue weighted by atomic mass is 10.0. The summed E-state index contributed by atoms with van der Waals surface area (Å²) in [7, 11) is 0. The van der Waals surface area contributed by atoms with Crippen LogP contribution in [0.3, 0.4) is 0 Å². The highest BCUT2D eigenvalue weighted by atomic mass is 32.2. The first-order valence-corrected chi connectivity index (χ1v) is 4.50. The molecule has 1 fully saturated rings. The molecule has 1 aliphatic heterocycles. The van der Waals surface area contributed by atoms with Gasteiger partial charge in [-0.15, -0.1) is 11.8 Å². The van der Waals surface area contributed by atoms with Gasteiger partial charge in [-0.2, -0.15) is 0 Å². The zero-order valence-electron chi connectivity index (χ0n) is 6.24. The van der Waals surface area contributed by atoms with Gasteiger partial charge in [0, 0.05) is 0 Å². The van der Waals surface area contributed by atoms with Gasteiger partial charge >= 0.3 is 0 Å². The predicted molar refractivity (Wildman–Crippen MR) is 42.5 cm³/mol. The van der Waals surface area contributed by atoms with Crippen LogP contribution in [0.5, 0.6) is 0 Å². The van der Waals surface area contributed by atoms with Crippen LogP contribution in [0, 0.1) is 0 Å². The van der Waals surface area contributed by atoms with Crippen LogP contribution in [0.4, 0.5) is 0 Å². The molecule has 1 heterocycles. The minimum atomic E-state index is -1.39. The first kappa shape index (κ1) is 10.2. The van der Waals surface area contributed by atoms with Crippen molar-refractivity contribution in [2.24, 2.45) is 0 Å². The van der Waals surface area contributed by atoms with E-state index in [9.17, 15) is 5.11 Å². The maximum Gasteiger partial charge on any atom is 0.128 e. The zero-order chi connectivity index (χ0) is 9.30. The van der Waals surface area contributed by atoms with Gasteiger partial charge in [-0.25, -0.2) is 0 Å². The van der Waals surface area contributed by atoms with Gasteiger partial charge in [-0.1, -0.05) is 0 Å². The van der Waals surface area contributed by atoms with Crippen molar-refractivity contribution in [1.29, 1.82) is 0 Å². The lowest BCUT2D eigenvalue weighted by Gasteiger charge is -2.36. The Labute approximate surface area is 73.7 Å². The Kier molecular flexibility index (Phi) is 3.33. The molecule has 72 valence electrons. The van der Waals surface area contributed by atoms with Crippen molar-refractivity contribution >= 4 is 11.8 Å². The topological polar surface area (TPSA) is 101 Å². The van der Waals surface area contributed by atoms with Crippen LogP contribution in [0.2, 0.25) is 0 Å². The molecule has 12 heavy (non-hydrogen) atoms. The predicted octanol–water partition coefficient (Wildman–Crippen LogP) is -2.50. The van der Waals surface area contributed by atoms with Crippen molar-refractivity contribution in [3.63, 3.8) is 0 Å². The van der Waals surface area contributed by atoms with E-state index in [1.807, 2.05) is 0 Å². The highest BCUT2D eigenvalue weighted by Crippen LogP contribution is 2.30. The minimum absolute atomic E-state index is 0.341. The summed E-state index contributed by atoms with van der Waals surface area (Å²) in [5.41, 5.74) is -1.15. The number of aliphatic hydroxyl groups excluding tert-OH is 5. The highest BCUT2D eigenvalue weighted by Gasteiger charge is 2.42. The third-order valence-corrected chi connectivity index (χ3v) is 3.20. The summed E-state index contributed by atoms with van der Waals surface area (Å²) in [5, 5.41) is 44.6. The number of hydrogen-bond donors (Lipinski definition) is 5. The normalized spacial score (nSPS) is 49.2. The highest BCUT2D eigenvalue weighted by molar-refractivity contribution is 8.00. The lowest BCUT2D eigenvalue weighted by molar-refractivity contribution is -0.0953. The van der Waals surface area contributed by atoms with Crippen LogP contribution in [-0.2, 0) is 0 Å². The van der Waals surface area contributed by atoms with E-state index in [0.717, 1.165) is 11.8 Å². The molecule has 1 unspecified atom stereocenters. The van der Waals surface area contributed by atoms with Gasteiger partial charge in [0.25, 0.3) is 0 Å². The smallest absolute Gasteiger partial charge is 0.128 e. The number of aliphatic hydroxyl groups is 5. The molecular weight excluding hydrogens is 184 g/mol. The molecule has 5 N–H and O–H groups in total. The second-order valence-electron chi connectivity index (χ2n) is 2.72. The zero-order valence-corrected chi connectivity index (χ0v) is 7.05. The maximum absolute atomic E-state index is 9.22. The number of hydrogen-bond acceptors (Lipinski definition) is 6. The third kappa shape index (κ3) is 1.73. The molecule has 1 aliphatic rings. The molecule has 5 nitrogen and oxygen atoms in total. The molecule has 0 saturated carbocycles. The molecule has 0 spiro atoms. The molecule has 5 atom stereocenters. The Hall–Kier alpha value is 0.150. The first-order valence-electron chi connectivity index (χ1n) is 3.56. The van der Waals surface area contributed by atoms with Crippen LogP contribution in [-0.4, -0.2) is 61.1 Å². The van der Waals surface area contributed by atoms with Crippen LogP contribution in [0.1, 0.15) is 0 Å². The molecular formula is C6H12O5S. The average Bonchev–Trinajstić information content (AvgIpc) is 2.08. The van der Waals surface area contributed by atoms with Gasteiger partial charge in [-0.3, -0.25) is 0 Å². The van der Waals surface area contributed by atoms with Crippen LogP contribution >= 0.6 is 11.8 Å². The standard InChI is InChI=1S/C6H12O5S/c7-1-2-3(8)4(9)5(10)6(11)12-2/h2-11H,1H2/t2-,3+,4+,5-,6?/m0/s1. The summed E-state index contributed by atoms with van der Waals surface area (Å²) in [4.78, 5) is 0. The summed E-state index contributed by atoms with van der Waals surface area (Å²) in [5.74, 6) is 0. The number of thioether (sulfide) groups is 1. The lowest BCUT2D eigenvalue weighted by Crippen LogP contribution is -2.53. The van der Waals surface area contributed by atoms with Crippen LogP contribution in [0.15, 0.2) is 0 Å². The SMILES string of the molecule is OC[C@@H]1SC(O)[C@@H](O)[C@H](O)[C@@H]1O. The maximum atomic E-state index is 9.22. The van der Waals surface area contributed by atoms with Crippen molar-refractivity contribution in [3.05, 3.63) is 0 Å². The Morgan fingerprint density at radius 1 is 0.917 bits per heavy atom. The fraction of sp³-hybridized carbons (Fsp3) is 1.00. The second-order valence-corrected chi connectivity index (χ2v) is 4.08. The molecule has 1 saturated heterocycles. The molecule has 0 aromatic carbocycles. The number of rotatable bonds is 1. The van der Waals surface area contributed by atoms with Crippen molar-refractivity contribution in [2.75, 3.05) is 6.61 Å². The fourth-order valence-corrected chi connectivity index (χ4v) is 2.17. The van der Waals surface area contributed by atoms with Crippen LogP contribution < -0.4 is 0 Å². The molecule has 0 bridgehead atoms. The van der Waals surface area contributed by atoms with Gasteiger partial charge in [0.2, 0.25) is 0 Å². The van der Waals surface area contributed by atoms with E-state index in [1.54, 1.807) is 0 Å². The van der Waals surface area contributed by atoms with E-state index in [1.165, 1.54) is 0 Å². The summed E-state index contributed by atoms with van der Waals surface area (Å²) < 4.78 is 0. The Morgan fingerprint density at radius 2 is 1.50 bits per heavy atom. The summed E-state index contributed by atoms with van der Waals surface area (Å²) in [6.45, 7) is -0.341. The molecule has 0 radical (unpaired) electrons. The third-order valence-electron chi connectivity index (χ3n) is 1.87. The summed E-state index contributed by atoms with van der Waals surface area (Å²) in [6, 6.07) is 0. The molecule has 0 aromatic heterocycles. The van der Waals surface area contributed by atoms with Gasteiger partial charge in [0.1, 0.15) is 17.6 Å². The molecule has 0 aliphatic carbocycles. The van der Waals surface area contributed by atoms with Crippen molar-refractivity contribution < 1.29 is 25.5 Å². The van der Waals surface area contributed by atoms with E-state index in [4.69, 9.17) is 20.4 Å². The van der Waals surface area contributed by atoms with E-state index in [-0.39, 0.29) is 6.61 Å². The van der Waals surface area contributed by atoms with E-state index in [2.05, 4.69) is 0 Å². The molecule has 1 rings (SSSR count). The Balaban J connectivity index is 2.63. The van der Waals surface area contributed by atoms with Crippen molar-refractivity contribution in [2.45, 2.75) is 29.0 Å². The summed E-state index contributed by atoms with van der Waals surface area (Å²) in [6.07, 6.45) is -3.94. The van der Waals surface area contributed by atoms with Gasteiger partial charge in [-0.05, 0) is 0 Å². The van der Waals surface area contributed by atoms with Crippen LogP contribution in [0.25, 0.3) is 0 Å². The Morgan fingerprint density at radius 3 is 2.00 bits per heavy atom. The molecule has 6 heteroatoms. The van der Waals surface area contributed by atoms with E-state index >= 15 is 0 Å². The minimum Gasteiger partial charge on any atom is -0.395 e. The largest absolute Gasteiger partial charge is 0.395 e. The quantitative estimate of drug-likeness (QED) is 0.318. The monoisotopic (exact) mass is 196 g/mol. The van der Waals surface area contributed by atoms with Gasteiger partial charge in [0.15, 0.2) is 0 Å². The van der Waals surface area contributed by atoms with Crippen molar-refractivity contribution in [3.8, 4) is 0 Å².